The number of aromatic nitrogens is 2. The lowest BCUT2D eigenvalue weighted by Gasteiger charge is -2.22. The van der Waals surface area contributed by atoms with Gasteiger partial charge in [-0.2, -0.15) is 0 Å². The first-order chi connectivity index (χ1) is 8.27. The molecule has 1 aromatic heterocycles. The maximum atomic E-state index is 5.80. The van der Waals surface area contributed by atoms with Crippen LogP contribution in [0.5, 0.6) is 0 Å². The van der Waals surface area contributed by atoms with Crippen molar-refractivity contribution in [3.8, 4) is 0 Å². The number of rotatable bonds is 4. The molecule has 3 N–H and O–H groups in total. The Hall–Kier alpha value is -1.07. The van der Waals surface area contributed by atoms with Crippen LogP contribution in [0.1, 0.15) is 25.7 Å². The SMILES string of the molecule is Nc1c(Cl)ncnc1NCCC1CCCCO1. The summed E-state index contributed by atoms with van der Waals surface area (Å²) in [6.45, 7) is 1.66. The van der Waals surface area contributed by atoms with E-state index in [-0.39, 0.29) is 5.15 Å². The van der Waals surface area contributed by atoms with Gasteiger partial charge < -0.3 is 15.8 Å². The largest absolute Gasteiger partial charge is 0.393 e. The Labute approximate surface area is 106 Å². The second-order valence-electron chi connectivity index (χ2n) is 4.13. The summed E-state index contributed by atoms with van der Waals surface area (Å²) >= 11 is 5.80. The molecule has 2 heterocycles. The number of nitrogens with one attached hydrogen (secondary N) is 1. The third kappa shape index (κ3) is 3.44. The third-order valence-electron chi connectivity index (χ3n) is 2.87. The van der Waals surface area contributed by atoms with E-state index in [4.69, 9.17) is 22.1 Å². The number of nitrogens with zero attached hydrogens (tertiary/aromatic N) is 2. The lowest BCUT2D eigenvalue weighted by Crippen LogP contribution is -2.22. The molecule has 1 saturated heterocycles. The van der Waals surface area contributed by atoms with Gasteiger partial charge in [0.05, 0.1) is 6.10 Å². The molecule has 0 radical (unpaired) electrons. The second-order valence-corrected chi connectivity index (χ2v) is 4.49. The van der Waals surface area contributed by atoms with E-state index in [2.05, 4.69) is 15.3 Å². The van der Waals surface area contributed by atoms with E-state index in [0.29, 0.717) is 17.6 Å². The van der Waals surface area contributed by atoms with Crippen molar-refractivity contribution in [2.24, 2.45) is 0 Å². The zero-order chi connectivity index (χ0) is 12.1. The molecule has 6 heteroatoms. The van der Waals surface area contributed by atoms with Crippen molar-refractivity contribution in [1.82, 2.24) is 9.97 Å². The van der Waals surface area contributed by atoms with E-state index >= 15 is 0 Å². The number of nitrogens with two attached hydrogens (primary N) is 1. The second kappa shape index (κ2) is 6.02. The van der Waals surface area contributed by atoms with E-state index in [1.807, 2.05) is 0 Å². The van der Waals surface area contributed by atoms with E-state index in [1.54, 1.807) is 0 Å². The highest BCUT2D eigenvalue weighted by Crippen LogP contribution is 2.22. The summed E-state index contributed by atoms with van der Waals surface area (Å²) in [6, 6.07) is 0. The number of hydrogen-bond donors (Lipinski definition) is 2. The van der Waals surface area contributed by atoms with Crippen molar-refractivity contribution in [2.45, 2.75) is 31.8 Å². The van der Waals surface area contributed by atoms with Crippen molar-refractivity contribution in [3.05, 3.63) is 11.5 Å². The van der Waals surface area contributed by atoms with Gasteiger partial charge in [0.25, 0.3) is 0 Å². The van der Waals surface area contributed by atoms with Gasteiger partial charge in [-0.3, -0.25) is 0 Å². The van der Waals surface area contributed by atoms with Gasteiger partial charge in [-0.25, -0.2) is 9.97 Å². The Morgan fingerprint density at radius 1 is 1.47 bits per heavy atom. The highest BCUT2D eigenvalue weighted by atomic mass is 35.5. The van der Waals surface area contributed by atoms with Gasteiger partial charge in [-0.15, -0.1) is 0 Å². The average molecular weight is 257 g/mol. The molecule has 1 unspecified atom stereocenters. The van der Waals surface area contributed by atoms with Gasteiger partial charge in [0.15, 0.2) is 11.0 Å². The molecule has 0 spiro atoms. The average Bonchev–Trinajstić information content (AvgIpc) is 2.36. The number of halogens is 1. The van der Waals surface area contributed by atoms with Crippen molar-refractivity contribution in [3.63, 3.8) is 0 Å². The Bertz CT molecular complexity index is 368. The highest BCUT2D eigenvalue weighted by molar-refractivity contribution is 6.32. The highest BCUT2D eigenvalue weighted by Gasteiger charge is 2.13. The molecule has 94 valence electrons. The summed E-state index contributed by atoms with van der Waals surface area (Å²) < 4.78 is 5.64. The zero-order valence-electron chi connectivity index (χ0n) is 9.66. The van der Waals surface area contributed by atoms with Crippen LogP contribution >= 0.6 is 11.6 Å². The van der Waals surface area contributed by atoms with Crippen LogP contribution in [0.2, 0.25) is 5.15 Å². The zero-order valence-corrected chi connectivity index (χ0v) is 10.4. The summed E-state index contributed by atoms with van der Waals surface area (Å²) in [4.78, 5) is 7.85. The number of ether oxygens (including phenoxy) is 1. The van der Waals surface area contributed by atoms with Gasteiger partial charge in [-0.1, -0.05) is 11.6 Å². The van der Waals surface area contributed by atoms with E-state index < -0.39 is 0 Å². The van der Waals surface area contributed by atoms with Crippen molar-refractivity contribution in [1.29, 1.82) is 0 Å². The van der Waals surface area contributed by atoms with Gasteiger partial charge in [0.1, 0.15) is 12.0 Å². The molecular weight excluding hydrogens is 240 g/mol. The molecule has 1 aliphatic heterocycles. The van der Waals surface area contributed by atoms with Gasteiger partial charge in [0.2, 0.25) is 0 Å². The summed E-state index contributed by atoms with van der Waals surface area (Å²) in [7, 11) is 0. The molecule has 0 aromatic carbocycles. The third-order valence-corrected chi connectivity index (χ3v) is 3.17. The van der Waals surface area contributed by atoms with Gasteiger partial charge >= 0.3 is 0 Å². The van der Waals surface area contributed by atoms with E-state index in [9.17, 15) is 0 Å². The molecule has 1 aliphatic rings. The number of hydrogen-bond acceptors (Lipinski definition) is 5. The number of anilines is 2. The standard InChI is InChI=1S/C11H17ClN4O/c12-10-9(13)11(16-7-15-10)14-5-4-8-3-1-2-6-17-8/h7-8H,1-6,13H2,(H,14,15,16). The first-order valence-electron chi connectivity index (χ1n) is 5.89. The topological polar surface area (TPSA) is 73.1 Å². The molecule has 0 aliphatic carbocycles. The molecule has 1 atom stereocenters. The van der Waals surface area contributed by atoms with Crippen LogP contribution < -0.4 is 11.1 Å². The smallest absolute Gasteiger partial charge is 0.157 e. The van der Waals surface area contributed by atoms with Crippen LogP contribution in [-0.2, 0) is 4.74 Å². The first kappa shape index (κ1) is 12.4. The van der Waals surface area contributed by atoms with Gasteiger partial charge in [-0.05, 0) is 25.7 Å². The normalized spacial score (nSPS) is 20.2. The summed E-state index contributed by atoms with van der Waals surface area (Å²) in [5.74, 6) is 0.598. The predicted molar refractivity (Wildman–Crippen MR) is 68.2 cm³/mol. The fourth-order valence-electron chi connectivity index (χ4n) is 1.90. The van der Waals surface area contributed by atoms with Crippen LogP contribution in [0.3, 0.4) is 0 Å². The molecule has 1 aromatic rings. The maximum Gasteiger partial charge on any atom is 0.157 e. The predicted octanol–water partition coefficient (Wildman–Crippen LogP) is 2.08. The fraction of sp³-hybridized carbons (Fsp3) is 0.636. The van der Waals surface area contributed by atoms with E-state index in [1.165, 1.54) is 19.2 Å². The molecule has 5 nitrogen and oxygen atoms in total. The van der Waals surface area contributed by atoms with Crippen LogP contribution in [0.4, 0.5) is 11.5 Å². The summed E-state index contributed by atoms with van der Waals surface area (Å²) in [6.07, 6.45) is 6.29. The molecule has 17 heavy (non-hydrogen) atoms. The van der Waals surface area contributed by atoms with Crippen molar-refractivity contribution < 1.29 is 4.74 Å². The lowest BCUT2D eigenvalue weighted by atomic mass is 10.1. The van der Waals surface area contributed by atoms with Gasteiger partial charge in [0, 0.05) is 13.2 Å². The van der Waals surface area contributed by atoms with Crippen LogP contribution in [0.25, 0.3) is 0 Å². The minimum atomic E-state index is 0.288. The fourth-order valence-corrected chi connectivity index (χ4v) is 2.03. The van der Waals surface area contributed by atoms with Crippen LogP contribution in [0, 0.1) is 0 Å². The van der Waals surface area contributed by atoms with E-state index in [0.717, 1.165) is 26.0 Å². The Morgan fingerprint density at radius 2 is 2.35 bits per heavy atom. The first-order valence-corrected chi connectivity index (χ1v) is 6.26. The number of nitrogen functional groups attached to an aromatic ring is 1. The monoisotopic (exact) mass is 256 g/mol. The molecule has 0 amide bonds. The van der Waals surface area contributed by atoms with Crippen molar-refractivity contribution in [2.75, 3.05) is 24.2 Å². The summed E-state index contributed by atoms with van der Waals surface area (Å²) in [5.41, 5.74) is 6.15. The van der Waals surface area contributed by atoms with Crippen LogP contribution in [0.15, 0.2) is 6.33 Å². The quantitative estimate of drug-likeness (QED) is 0.807. The maximum absolute atomic E-state index is 5.80. The molecular formula is C11H17ClN4O. The van der Waals surface area contributed by atoms with Crippen LogP contribution in [-0.4, -0.2) is 29.2 Å². The Morgan fingerprint density at radius 3 is 3.12 bits per heavy atom. The van der Waals surface area contributed by atoms with Crippen molar-refractivity contribution >= 4 is 23.1 Å². The molecule has 2 rings (SSSR count). The Kier molecular flexibility index (Phi) is 4.39. The summed E-state index contributed by atoms with van der Waals surface area (Å²) in [5, 5.41) is 3.45. The Balaban J connectivity index is 1.79. The minimum Gasteiger partial charge on any atom is -0.393 e. The molecule has 0 saturated carbocycles. The minimum absolute atomic E-state index is 0.288. The lowest BCUT2D eigenvalue weighted by molar-refractivity contribution is 0.0134. The molecule has 1 fully saturated rings. The molecule has 0 bridgehead atoms.